The highest BCUT2D eigenvalue weighted by Crippen LogP contribution is 2.38. The van der Waals surface area contributed by atoms with Crippen molar-refractivity contribution in [3.63, 3.8) is 0 Å². The Morgan fingerprint density at radius 3 is 2.92 bits per heavy atom. The Kier molecular flexibility index (Phi) is 5.40. The fraction of sp³-hybridized carbons (Fsp3) is 0.312. The summed E-state index contributed by atoms with van der Waals surface area (Å²) < 4.78 is 16.0. The van der Waals surface area contributed by atoms with E-state index in [2.05, 4.69) is 10.3 Å². The first-order valence-corrected chi connectivity index (χ1v) is 8.77. The number of nitrogens with zero attached hydrogens (tertiary/aromatic N) is 1. The van der Waals surface area contributed by atoms with Gasteiger partial charge in [-0.3, -0.25) is 10.1 Å². The molecule has 0 aliphatic carbocycles. The van der Waals surface area contributed by atoms with E-state index < -0.39 is 18.5 Å². The number of carbonyl (C=O) groups excluding carboxylic acids is 2. The molecule has 9 heteroatoms. The molecular weight excluding hydrogens is 368 g/mol. The van der Waals surface area contributed by atoms with E-state index in [1.807, 2.05) is 6.92 Å². The second kappa shape index (κ2) is 7.71. The van der Waals surface area contributed by atoms with Crippen molar-refractivity contribution in [1.82, 2.24) is 4.98 Å². The lowest BCUT2D eigenvalue weighted by atomic mass is 10.2. The molecule has 132 valence electrons. The van der Waals surface area contributed by atoms with E-state index in [1.165, 1.54) is 23.5 Å². The smallest absolute Gasteiger partial charge is 0.338 e. The Morgan fingerprint density at radius 1 is 1.36 bits per heavy atom. The summed E-state index contributed by atoms with van der Waals surface area (Å²) in [6.07, 6.45) is 0.723. The number of benzene rings is 1. The van der Waals surface area contributed by atoms with Crippen LogP contribution in [0.2, 0.25) is 5.02 Å². The molecule has 0 fully saturated rings. The van der Waals surface area contributed by atoms with Crippen molar-refractivity contribution < 1.29 is 23.8 Å². The Morgan fingerprint density at radius 2 is 2.16 bits per heavy atom. The molecule has 0 unspecified atom stereocenters. The van der Waals surface area contributed by atoms with Crippen LogP contribution in [0.25, 0.3) is 0 Å². The molecule has 0 saturated heterocycles. The summed E-state index contributed by atoms with van der Waals surface area (Å²) in [6.45, 7) is 2.36. The number of aryl methyl sites for hydroxylation is 1. The molecule has 2 heterocycles. The van der Waals surface area contributed by atoms with E-state index in [1.54, 1.807) is 5.38 Å². The minimum Gasteiger partial charge on any atom is -0.489 e. The molecule has 25 heavy (non-hydrogen) atoms. The van der Waals surface area contributed by atoms with Crippen LogP contribution in [-0.4, -0.2) is 36.7 Å². The van der Waals surface area contributed by atoms with Gasteiger partial charge < -0.3 is 14.2 Å². The van der Waals surface area contributed by atoms with Crippen molar-refractivity contribution in [3.8, 4) is 11.5 Å². The quantitative estimate of drug-likeness (QED) is 0.818. The van der Waals surface area contributed by atoms with Crippen LogP contribution in [0.5, 0.6) is 11.5 Å². The summed E-state index contributed by atoms with van der Waals surface area (Å²) in [7, 11) is 0. The van der Waals surface area contributed by atoms with E-state index in [-0.39, 0.29) is 10.6 Å². The van der Waals surface area contributed by atoms with Crippen molar-refractivity contribution in [2.45, 2.75) is 13.3 Å². The van der Waals surface area contributed by atoms with Gasteiger partial charge in [-0.2, -0.15) is 0 Å². The number of aromatic nitrogens is 1. The van der Waals surface area contributed by atoms with Gasteiger partial charge in [-0.05, 0) is 19.1 Å². The lowest BCUT2D eigenvalue weighted by Crippen LogP contribution is -2.21. The molecule has 1 aromatic carbocycles. The molecule has 1 aromatic heterocycles. The third-order valence-electron chi connectivity index (χ3n) is 3.24. The molecular formula is C16H15ClN2O5S. The molecule has 3 rings (SSSR count). The number of nitrogens with one attached hydrogen (secondary N) is 1. The van der Waals surface area contributed by atoms with Crippen molar-refractivity contribution in [2.24, 2.45) is 0 Å². The number of halogens is 1. The molecule has 1 amide bonds. The molecule has 0 atom stereocenters. The molecule has 0 radical (unpaired) electrons. The normalized spacial score (nSPS) is 13.0. The minimum absolute atomic E-state index is 0.187. The zero-order chi connectivity index (χ0) is 17.8. The third-order valence-corrected chi connectivity index (χ3v) is 4.39. The van der Waals surface area contributed by atoms with Gasteiger partial charge in [-0.1, -0.05) is 11.6 Å². The van der Waals surface area contributed by atoms with Crippen LogP contribution in [0, 0.1) is 6.92 Å². The van der Waals surface area contributed by atoms with Gasteiger partial charge in [-0.25, -0.2) is 9.78 Å². The van der Waals surface area contributed by atoms with E-state index in [0.29, 0.717) is 29.8 Å². The van der Waals surface area contributed by atoms with Gasteiger partial charge in [0.05, 0.1) is 29.5 Å². The summed E-state index contributed by atoms with van der Waals surface area (Å²) in [5.74, 6) is -0.349. The van der Waals surface area contributed by atoms with Gasteiger partial charge in [0.2, 0.25) is 0 Å². The van der Waals surface area contributed by atoms with Gasteiger partial charge >= 0.3 is 5.97 Å². The van der Waals surface area contributed by atoms with E-state index in [4.69, 9.17) is 25.8 Å². The zero-order valence-corrected chi connectivity index (χ0v) is 14.9. The Labute approximate surface area is 152 Å². The van der Waals surface area contributed by atoms with Crippen molar-refractivity contribution in [1.29, 1.82) is 0 Å². The number of anilines is 1. The number of rotatable bonds is 4. The highest BCUT2D eigenvalue weighted by Gasteiger charge is 2.20. The van der Waals surface area contributed by atoms with Gasteiger partial charge in [0.15, 0.2) is 23.2 Å². The number of amides is 1. The van der Waals surface area contributed by atoms with Crippen molar-refractivity contribution >= 4 is 39.9 Å². The number of thiazole rings is 1. The average molecular weight is 383 g/mol. The van der Waals surface area contributed by atoms with Crippen molar-refractivity contribution in [2.75, 3.05) is 25.1 Å². The number of hydrogen-bond acceptors (Lipinski definition) is 7. The van der Waals surface area contributed by atoms with E-state index >= 15 is 0 Å². The molecule has 1 aliphatic heterocycles. The molecule has 7 nitrogen and oxygen atoms in total. The van der Waals surface area contributed by atoms with Crippen LogP contribution < -0.4 is 14.8 Å². The maximum absolute atomic E-state index is 12.2. The first kappa shape index (κ1) is 17.5. The summed E-state index contributed by atoms with van der Waals surface area (Å²) in [5, 5.41) is 5.08. The summed E-state index contributed by atoms with van der Waals surface area (Å²) >= 11 is 7.43. The number of hydrogen-bond donors (Lipinski definition) is 1. The summed E-state index contributed by atoms with van der Waals surface area (Å²) in [6, 6.07) is 2.93. The van der Waals surface area contributed by atoms with Gasteiger partial charge in [0, 0.05) is 11.8 Å². The fourth-order valence-corrected chi connectivity index (χ4v) is 3.10. The van der Waals surface area contributed by atoms with Crippen LogP contribution >= 0.6 is 22.9 Å². The predicted molar refractivity (Wildman–Crippen MR) is 92.8 cm³/mol. The monoisotopic (exact) mass is 382 g/mol. The van der Waals surface area contributed by atoms with Gasteiger partial charge in [0.1, 0.15) is 0 Å². The number of esters is 1. The lowest BCUT2D eigenvalue weighted by molar-refractivity contribution is -0.119. The fourth-order valence-electron chi connectivity index (χ4n) is 2.13. The zero-order valence-electron chi connectivity index (χ0n) is 13.3. The highest BCUT2D eigenvalue weighted by molar-refractivity contribution is 7.13. The minimum atomic E-state index is -0.678. The third kappa shape index (κ3) is 4.40. The molecule has 1 aliphatic rings. The second-order valence-corrected chi connectivity index (χ2v) is 6.52. The number of carbonyl (C=O) groups is 2. The standard InChI is InChI=1S/C16H15ClN2O5S/c1-9-8-25-16(18-9)19-13(20)7-24-15(21)10-5-11(17)14-12(6-10)22-3-2-4-23-14/h5-6,8H,2-4,7H2,1H3,(H,18,19,20). The summed E-state index contributed by atoms with van der Waals surface area (Å²) in [5.41, 5.74) is 0.992. The predicted octanol–water partition coefficient (Wildman–Crippen LogP) is 3.06. The second-order valence-electron chi connectivity index (χ2n) is 5.25. The highest BCUT2D eigenvalue weighted by atomic mass is 35.5. The van der Waals surface area contributed by atoms with E-state index in [0.717, 1.165) is 12.1 Å². The molecule has 0 spiro atoms. The largest absolute Gasteiger partial charge is 0.489 e. The SMILES string of the molecule is Cc1csc(NC(=O)COC(=O)c2cc(Cl)c3c(c2)OCCCO3)n1. The molecule has 0 bridgehead atoms. The average Bonchev–Trinajstić information content (AvgIpc) is 2.84. The topological polar surface area (TPSA) is 86.8 Å². The maximum Gasteiger partial charge on any atom is 0.338 e. The molecule has 2 aromatic rings. The van der Waals surface area contributed by atoms with Crippen molar-refractivity contribution in [3.05, 3.63) is 33.8 Å². The van der Waals surface area contributed by atoms with E-state index in [9.17, 15) is 9.59 Å². The summed E-state index contributed by atoms with van der Waals surface area (Å²) in [4.78, 5) is 28.1. The number of fused-ring (bicyclic) bond motifs is 1. The first-order chi connectivity index (χ1) is 12.0. The Hall–Kier alpha value is -2.32. The van der Waals surface area contributed by atoms with Crippen LogP contribution in [0.3, 0.4) is 0 Å². The first-order valence-electron chi connectivity index (χ1n) is 7.51. The number of ether oxygens (including phenoxy) is 3. The van der Waals surface area contributed by atoms with Gasteiger partial charge in [0.25, 0.3) is 5.91 Å². The van der Waals surface area contributed by atoms with Crippen LogP contribution in [0.15, 0.2) is 17.5 Å². The maximum atomic E-state index is 12.2. The Bertz CT molecular complexity index is 808. The lowest BCUT2D eigenvalue weighted by Gasteiger charge is -2.11. The van der Waals surface area contributed by atoms with Gasteiger partial charge in [-0.15, -0.1) is 11.3 Å². The molecule has 1 N–H and O–H groups in total. The van der Waals surface area contributed by atoms with Crippen LogP contribution in [-0.2, 0) is 9.53 Å². The van der Waals surface area contributed by atoms with Crippen LogP contribution in [0.1, 0.15) is 22.5 Å². The molecule has 0 saturated carbocycles. The van der Waals surface area contributed by atoms with Crippen LogP contribution in [0.4, 0.5) is 5.13 Å². The Balaban J connectivity index is 1.62.